The van der Waals surface area contributed by atoms with Crippen LogP contribution in [0.4, 0.5) is 0 Å². The Morgan fingerprint density at radius 3 is 2.86 bits per heavy atom. The summed E-state index contributed by atoms with van der Waals surface area (Å²) in [6.07, 6.45) is 5.33. The topological polar surface area (TPSA) is 87.6 Å². The highest BCUT2D eigenvalue weighted by Crippen LogP contribution is 2.46. The molecule has 21 heavy (non-hydrogen) atoms. The average Bonchev–Trinajstić information content (AvgIpc) is 2.98. The third kappa shape index (κ3) is 2.44. The van der Waals surface area contributed by atoms with Crippen molar-refractivity contribution < 1.29 is 18.3 Å². The second-order valence-corrected chi connectivity index (χ2v) is 7.77. The number of carboxylic acids is 1. The summed E-state index contributed by atoms with van der Waals surface area (Å²) in [5, 5.41) is 9.07. The molecule has 7 heteroatoms. The molecular formula is C14H18N2O4S. The van der Waals surface area contributed by atoms with Crippen LogP contribution >= 0.6 is 0 Å². The molecule has 1 aliphatic carbocycles. The second kappa shape index (κ2) is 5.06. The molecule has 0 aromatic carbocycles. The Morgan fingerprint density at radius 2 is 2.19 bits per heavy atom. The third-order valence-electron chi connectivity index (χ3n) is 4.49. The van der Waals surface area contributed by atoms with Crippen LogP contribution in [0.1, 0.15) is 31.2 Å². The zero-order valence-corrected chi connectivity index (χ0v) is 12.6. The molecule has 2 heterocycles. The summed E-state index contributed by atoms with van der Waals surface area (Å²) in [7, 11) is -3.68. The van der Waals surface area contributed by atoms with Crippen molar-refractivity contribution in [2.75, 3.05) is 0 Å². The van der Waals surface area contributed by atoms with Crippen LogP contribution in [-0.4, -0.2) is 40.9 Å². The van der Waals surface area contributed by atoms with Crippen molar-refractivity contribution in [2.24, 2.45) is 5.92 Å². The Kier molecular flexibility index (Phi) is 3.49. The minimum atomic E-state index is -3.68. The van der Waals surface area contributed by atoms with Crippen molar-refractivity contribution in [3.8, 4) is 0 Å². The molecule has 2 aliphatic rings. The van der Waals surface area contributed by atoms with Gasteiger partial charge in [0.2, 0.25) is 10.0 Å². The second-order valence-electron chi connectivity index (χ2n) is 5.93. The quantitative estimate of drug-likeness (QED) is 0.908. The summed E-state index contributed by atoms with van der Waals surface area (Å²) >= 11 is 0. The van der Waals surface area contributed by atoms with Crippen LogP contribution in [0.3, 0.4) is 0 Å². The maximum absolute atomic E-state index is 12.9. The number of aryl methyl sites for hydroxylation is 1. The van der Waals surface area contributed by atoms with Crippen LogP contribution < -0.4 is 0 Å². The van der Waals surface area contributed by atoms with Gasteiger partial charge in [-0.15, -0.1) is 0 Å². The number of aliphatic carboxylic acids is 1. The Balaban J connectivity index is 1.98. The number of pyridine rings is 1. The highest BCUT2D eigenvalue weighted by atomic mass is 32.2. The van der Waals surface area contributed by atoms with Gasteiger partial charge in [-0.05, 0) is 43.7 Å². The predicted octanol–water partition coefficient (Wildman–Crippen LogP) is 1.41. The number of carbonyl (C=O) groups is 1. The summed E-state index contributed by atoms with van der Waals surface area (Å²) in [5.41, 5.74) is 0.773. The van der Waals surface area contributed by atoms with Crippen LogP contribution in [0.25, 0.3) is 0 Å². The van der Waals surface area contributed by atoms with Crippen LogP contribution in [0.15, 0.2) is 23.4 Å². The number of hydrogen-bond acceptors (Lipinski definition) is 4. The number of sulfonamides is 1. The van der Waals surface area contributed by atoms with E-state index in [1.165, 1.54) is 10.5 Å². The van der Waals surface area contributed by atoms with Gasteiger partial charge in [-0.2, -0.15) is 4.31 Å². The van der Waals surface area contributed by atoms with Crippen LogP contribution in [0, 0.1) is 12.8 Å². The molecule has 0 radical (unpaired) electrons. The fraction of sp³-hybridized carbons (Fsp3) is 0.571. The number of nitrogens with zero attached hydrogens (tertiary/aromatic N) is 2. The van der Waals surface area contributed by atoms with E-state index in [1.54, 1.807) is 19.2 Å². The maximum atomic E-state index is 12.9. The minimum Gasteiger partial charge on any atom is -0.481 e. The van der Waals surface area contributed by atoms with Crippen molar-refractivity contribution in [1.82, 2.24) is 9.29 Å². The van der Waals surface area contributed by atoms with Crippen molar-refractivity contribution in [2.45, 2.75) is 49.6 Å². The molecule has 1 aromatic heterocycles. The molecule has 1 saturated carbocycles. The van der Waals surface area contributed by atoms with E-state index in [4.69, 9.17) is 5.11 Å². The number of aromatic nitrogens is 1. The van der Waals surface area contributed by atoms with E-state index >= 15 is 0 Å². The molecule has 0 amide bonds. The number of carboxylic acid groups (broad SMARTS) is 1. The molecule has 1 N–H and O–H groups in total. The predicted molar refractivity (Wildman–Crippen MR) is 75.2 cm³/mol. The first-order valence-electron chi connectivity index (χ1n) is 7.06. The Labute approximate surface area is 123 Å². The van der Waals surface area contributed by atoms with E-state index in [-0.39, 0.29) is 23.3 Å². The first-order valence-corrected chi connectivity index (χ1v) is 8.50. The first-order chi connectivity index (χ1) is 9.89. The van der Waals surface area contributed by atoms with Crippen LogP contribution in [0.2, 0.25) is 0 Å². The molecule has 1 saturated heterocycles. The first kappa shape index (κ1) is 14.5. The fourth-order valence-corrected chi connectivity index (χ4v) is 5.61. The normalized spacial score (nSPS) is 28.9. The number of fused-ring (bicyclic) bond motifs is 2. The van der Waals surface area contributed by atoms with Crippen LogP contribution in [-0.2, 0) is 14.8 Å². The van der Waals surface area contributed by atoms with Gasteiger partial charge in [-0.25, -0.2) is 8.42 Å². The minimum absolute atomic E-state index is 0.0649. The van der Waals surface area contributed by atoms with E-state index in [9.17, 15) is 13.2 Å². The highest BCUT2D eigenvalue weighted by molar-refractivity contribution is 7.89. The molecule has 2 bridgehead atoms. The van der Waals surface area contributed by atoms with E-state index in [0.717, 1.165) is 24.8 Å². The zero-order chi connectivity index (χ0) is 15.2. The van der Waals surface area contributed by atoms with Gasteiger partial charge in [0, 0.05) is 24.5 Å². The van der Waals surface area contributed by atoms with Crippen LogP contribution in [0.5, 0.6) is 0 Å². The van der Waals surface area contributed by atoms with Gasteiger partial charge in [0.25, 0.3) is 0 Å². The van der Waals surface area contributed by atoms with Gasteiger partial charge in [0.15, 0.2) is 0 Å². The Morgan fingerprint density at radius 1 is 1.43 bits per heavy atom. The van der Waals surface area contributed by atoms with Crippen molar-refractivity contribution >= 4 is 16.0 Å². The molecule has 114 valence electrons. The maximum Gasteiger partial charge on any atom is 0.304 e. The number of rotatable bonds is 4. The summed E-state index contributed by atoms with van der Waals surface area (Å²) < 4.78 is 27.2. The lowest BCUT2D eigenvalue weighted by Crippen LogP contribution is -2.45. The zero-order valence-electron chi connectivity index (χ0n) is 11.8. The van der Waals surface area contributed by atoms with E-state index in [2.05, 4.69) is 4.98 Å². The molecular weight excluding hydrogens is 292 g/mol. The van der Waals surface area contributed by atoms with E-state index in [1.807, 2.05) is 0 Å². The molecule has 0 spiro atoms. The largest absolute Gasteiger partial charge is 0.481 e. The fourth-order valence-electron chi connectivity index (χ4n) is 3.65. The van der Waals surface area contributed by atoms with Crippen molar-refractivity contribution in [3.63, 3.8) is 0 Å². The Bertz CT molecular complexity index is 673. The summed E-state index contributed by atoms with van der Waals surface area (Å²) in [6, 6.07) is 1.10. The number of piperidine rings is 1. The van der Waals surface area contributed by atoms with Crippen molar-refractivity contribution in [3.05, 3.63) is 24.0 Å². The molecule has 0 unspecified atom stereocenters. The molecule has 6 nitrogen and oxygen atoms in total. The summed E-state index contributed by atoms with van der Waals surface area (Å²) in [6.45, 7) is 1.79. The van der Waals surface area contributed by atoms with E-state index < -0.39 is 22.0 Å². The lowest BCUT2D eigenvalue weighted by molar-refractivity contribution is -0.138. The standard InChI is InChI=1S/C14H18N2O4S/c1-9-4-12(8-15-7-9)21(19,20)16-11-3-2-10(5-11)13(16)6-14(17)18/h4,7-8,10-11,13H,2-3,5-6H2,1H3,(H,17,18)/t10-,11+,13+/m0/s1. The SMILES string of the molecule is Cc1cncc(S(=O)(=O)N2[C@@H]3CC[C@@H](C3)[C@H]2CC(=O)O)c1. The van der Waals surface area contributed by atoms with Gasteiger partial charge < -0.3 is 5.11 Å². The lowest BCUT2D eigenvalue weighted by atomic mass is 9.97. The van der Waals surface area contributed by atoms with Gasteiger partial charge in [-0.3, -0.25) is 9.78 Å². The summed E-state index contributed by atoms with van der Waals surface area (Å²) in [5.74, 6) is -0.784. The van der Waals surface area contributed by atoms with Gasteiger partial charge in [0.05, 0.1) is 6.42 Å². The van der Waals surface area contributed by atoms with Crippen molar-refractivity contribution in [1.29, 1.82) is 0 Å². The lowest BCUT2D eigenvalue weighted by Gasteiger charge is -2.33. The Hall–Kier alpha value is -1.47. The monoisotopic (exact) mass is 310 g/mol. The molecule has 1 aromatic rings. The van der Waals surface area contributed by atoms with Gasteiger partial charge in [-0.1, -0.05) is 0 Å². The molecule has 1 aliphatic heterocycles. The third-order valence-corrected chi connectivity index (χ3v) is 6.43. The summed E-state index contributed by atoms with van der Waals surface area (Å²) in [4.78, 5) is 15.2. The van der Waals surface area contributed by atoms with Gasteiger partial charge in [0.1, 0.15) is 4.90 Å². The molecule has 3 atom stereocenters. The molecule has 3 rings (SSSR count). The highest BCUT2D eigenvalue weighted by Gasteiger charge is 2.51. The van der Waals surface area contributed by atoms with Gasteiger partial charge >= 0.3 is 5.97 Å². The van der Waals surface area contributed by atoms with E-state index in [0.29, 0.717) is 0 Å². The number of hydrogen-bond donors (Lipinski definition) is 1. The molecule has 2 fully saturated rings. The smallest absolute Gasteiger partial charge is 0.304 e. The average molecular weight is 310 g/mol.